The molecule has 0 saturated carbocycles. The summed E-state index contributed by atoms with van der Waals surface area (Å²) in [7, 11) is 0. The van der Waals surface area contributed by atoms with Crippen LogP contribution < -0.4 is 0 Å². The molecular formula is C8H6IO. The molecule has 0 N–H and O–H groups in total. The van der Waals surface area contributed by atoms with E-state index in [4.69, 9.17) is 0 Å². The minimum absolute atomic E-state index is 0.623. The summed E-state index contributed by atoms with van der Waals surface area (Å²) in [5.74, 6) is 0. The average molecular weight is 245 g/mol. The van der Waals surface area contributed by atoms with Crippen molar-refractivity contribution in [1.29, 1.82) is 0 Å². The lowest BCUT2D eigenvalue weighted by Crippen LogP contribution is -1.84. The first-order valence-electron chi connectivity index (χ1n) is 2.88. The molecule has 51 valence electrons. The van der Waals surface area contributed by atoms with Gasteiger partial charge in [-0.2, -0.15) is 0 Å². The van der Waals surface area contributed by atoms with Gasteiger partial charge in [0.15, 0.2) is 0 Å². The monoisotopic (exact) mass is 245 g/mol. The topological polar surface area (TPSA) is 17.1 Å². The number of carbonyl (C=O) groups excluding carboxylic acids is 1. The molecule has 1 radical (unpaired) electrons. The molecule has 0 spiro atoms. The van der Waals surface area contributed by atoms with Gasteiger partial charge in [0.05, 0.1) is 0 Å². The maximum Gasteiger partial charge on any atom is 0.233 e. The lowest BCUT2D eigenvalue weighted by atomic mass is 10.2. The molecule has 1 rings (SSSR count). The van der Waals surface area contributed by atoms with Gasteiger partial charge < -0.3 is 0 Å². The number of rotatable bonds is 1. The zero-order valence-corrected chi connectivity index (χ0v) is 7.68. The molecule has 0 bridgehead atoms. The van der Waals surface area contributed by atoms with E-state index in [9.17, 15) is 4.79 Å². The summed E-state index contributed by atoms with van der Waals surface area (Å²) in [4.78, 5) is 10.1. The fraction of sp³-hybridized carbons (Fsp3) is 0.125. The van der Waals surface area contributed by atoms with E-state index in [0.717, 1.165) is 5.56 Å². The Bertz CT molecular complexity index is 255. The minimum Gasteiger partial charge on any atom is -0.285 e. The molecule has 0 atom stereocenters. The van der Waals surface area contributed by atoms with Crippen LogP contribution in [0, 0.1) is 10.5 Å². The predicted molar refractivity (Wildman–Crippen MR) is 48.7 cm³/mol. The van der Waals surface area contributed by atoms with Gasteiger partial charge in [0.25, 0.3) is 0 Å². The van der Waals surface area contributed by atoms with Gasteiger partial charge in [-0.3, -0.25) is 4.79 Å². The summed E-state index contributed by atoms with van der Waals surface area (Å²) in [5, 5.41) is 0. The van der Waals surface area contributed by atoms with Crippen molar-refractivity contribution in [2.75, 3.05) is 0 Å². The second kappa shape index (κ2) is 3.14. The molecular weight excluding hydrogens is 239 g/mol. The number of benzene rings is 1. The van der Waals surface area contributed by atoms with Crippen molar-refractivity contribution >= 4 is 28.9 Å². The Morgan fingerprint density at radius 1 is 1.50 bits per heavy atom. The van der Waals surface area contributed by atoms with Crippen LogP contribution in [0.1, 0.15) is 11.1 Å². The first kappa shape index (κ1) is 7.72. The summed E-state index contributed by atoms with van der Waals surface area (Å²) in [6.07, 6.45) is 1.84. The van der Waals surface area contributed by atoms with Crippen LogP contribution in [-0.2, 0) is 4.79 Å². The highest BCUT2D eigenvalue weighted by atomic mass is 127. The van der Waals surface area contributed by atoms with Crippen molar-refractivity contribution in [3.63, 3.8) is 0 Å². The molecule has 0 aliphatic heterocycles. The van der Waals surface area contributed by atoms with Gasteiger partial charge in [0.1, 0.15) is 0 Å². The van der Waals surface area contributed by atoms with E-state index in [0.29, 0.717) is 5.56 Å². The van der Waals surface area contributed by atoms with E-state index < -0.39 is 0 Å². The van der Waals surface area contributed by atoms with Crippen LogP contribution in [0.5, 0.6) is 0 Å². The lowest BCUT2D eigenvalue weighted by molar-refractivity contribution is 0.562. The van der Waals surface area contributed by atoms with Gasteiger partial charge in [-0.1, -0.05) is 0 Å². The van der Waals surface area contributed by atoms with E-state index >= 15 is 0 Å². The van der Waals surface area contributed by atoms with Gasteiger partial charge >= 0.3 is 0 Å². The molecule has 0 aliphatic rings. The molecule has 0 fully saturated rings. The van der Waals surface area contributed by atoms with Gasteiger partial charge in [0, 0.05) is 9.13 Å². The first-order valence-corrected chi connectivity index (χ1v) is 3.96. The van der Waals surface area contributed by atoms with Crippen LogP contribution in [-0.4, -0.2) is 6.29 Å². The number of hydrogen-bond acceptors (Lipinski definition) is 1. The zero-order valence-electron chi connectivity index (χ0n) is 5.52. The van der Waals surface area contributed by atoms with Crippen molar-refractivity contribution < 1.29 is 4.79 Å². The Kier molecular flexibility index (Phi) is 2.43. The van der Waals surface area contributed by atoms with Crippen LogP contribution in [0.4, 0.5) is 0 Å². The van der Waals surface area contributed by atoms with Gasteiger partial charge in [-0.05, 0) is 53.3 Å². The van der Waals surface area contributed by atoms with Gasteiger partial charge in [0.2, 0.25) is 6.29 Å². The second-order valence-corrected chi connectivity index (χ2v) is 3.23. The minimum atomic E-state index is 0.623. The maximum atomic E-state index is 10.1. The summed E-state index contributed by atoms with van der Waals surface area (Å²) in [5.41, 5.74) is 1.75. The Labute approximate surface area is 73.6 Å². The van der Waals surface area contributed by atoms with Crippen LogP contribution >= 0.6 is 22.6 Å². The van der Waals surface area contributed by atoms with Gasteiger partial charge in [-0.15, -0.1) is 0 Å². The van der Waals surface area contributed by atoms with Crippen molar-refractivity contribution in [3.8, 4) is 0 Å². The Hall–Kier alpha value is -0.380. The molecule has 0 aliphatic carbocycles. The van der Waals surface area contributed by atoms with Crippen LogP contribution in [0.15, 0.2) is 18.2 Å². The van der Waals surface area contributed by atoms with Crippen molar-refractivity contribution in [3.05, 3.63) is 32.9 Å². The summed E-state index contributed by atoms with van der Waals surface area (Å²) >= 11 is 2.23. The second-order valence-electron chi connectivity index (χ2n) is 2.07. The SMILES string of the molecule is Cc1cc([C]=O)ccc1I. The first-order chi connectivity index (χ1) is 4.74. The molecule has 1 aromatic carbocycles. The van der Waals surface area contributed by atoms with Crippen molar-refractivity contribution in [2.24, 2.45) is 0 Å². The van der Waals surface area contributed by atoms with Crippen molar-refractivity contribution in [2.45, 2.75) is 6.92 Å². The fourth-order valence-electron chi connectivity index (χ4n) is 0.708. The van der Waals surface area contributed by atoms with Crippen LogP contribution in [0.2, 0.25) is 0 Å². The zero-order chi connectivity index (χ0) is 7.56. The van der Waals surface area contributed by atoms with Crippen LogP contribution in [0.25, 0.3) is 0 Å². The highest BCUT2D eigenvalue weighted by Crippen LogP contribution is 2.11. The fourth-order valence-corrected chi connectivity index (χ4v) is 1.04. The summed E-state index contributed by atoms with van der Waals surface area (Å²) in [6.45, 7) is 1.97. The molecule has 0 unspecified atom stereocenters. The third kappa shape index (κ3) is 1.56. The number of halogens is 1. The molecule has 1 nitrogen and oxygen atoms in total. The highest BCUT2D eigenvalue weighted by Gasteiger charge is 1.94. The quantitative estimate of drug-likeness (QED) is 0.692. The molecule has 0 saturated heterocycles. The molecule has 2 heteroatoms. The normalized spacial score (nSPS) is 9.40. The Morgan fingerprint density at radius 2 is 2.20 bits per heavy atom. The van der Waals surface area contributed by atoms with E-state index in [-0.39, 0.29) is 0 Å². The van der Waals surface area contributed by atoms with E-state index in [1.165, 1.54) is 3.57 Å². The average Bonchev–Trinajstić information content (AvgIpc) is 1.95. The van der Waals surface area contributed by atoms with Gasteiger partial charge in [-0.25, -0.2) is 0 Å². The predicted octanol–water partition coefficient (Wildman–Crippen LogP) is 2.06. The number of aryl methyl sites for hydroxylation is 1. The summed E-state index contributed by atoms with van der Waals surface area (Å²) < 4.78 is 1.18. The molecule has 10 heavy (non-hydrogen) atoms. The number of hydrogen-bond donors (Lipinski definition) is 0. The third-order valence-electron chi connectivity index (χ3n) is 1.28. The van der Waals surface area contributed by atoms with Crippen molar-refractivity contribution in [1.82, 2.24) is 0 Å². The Balaban J connectivity index is 3.16. The largest absolute Gasteiger partial charge is 0.285 e. The molecule has 0 aromatic heterocycles. The lowest BCUT2D eigenvalue weighted by Gasteiger charge is -1.95. The van der Waals surface area contributed by atoms with E-state index in [2.05, 4.69) is 22.6 Å². The standard InChI is InChI=1S/C8H6IO/c1-6-4-7(5-10)2-3-8(6)9/h2-4H,1H3. The Morgan fingerprint density at radius 3 is 2.70 bits per heavy atom. The summed E-state index contributed by atoms with van der Waals surface area (Å²) in [6, 6.07) is 5.51. The molecule has 1 aromatic rings. The maximum absolute atomic E-state index is 10.1. The van der Waals surface area contributed by atoms with E-state index in [1.807, 2.05) is 25.3 Å². The van der Waals surface area contributed by atoms with Crippen LogP contribution in [0.3, 0.4) is 0 Å². The smallest absolute Gasteiger partial charge is 0.233 e. The molecule has 0 amide bonds. The van der Waals surface area contributed by atoms with E-state index in [1.54, 1.807) is 6.07 Å². The highest BCUT2D eigenvalue weighted by molar-refractivity contribution is 14.1. The molecule has 0 heterocycles. The third-order valence-corrected chi connectivity index (χ3v) is 2.49.